The first-order valence-electron chi connectivity index (χ1n) is 5.73. The summed E-state index contributed by atoms with van der Waals surface area (Å²) >= 11 is 1.48. The van der Waals surface area contributed by atoms with Crippen molar-refractivity contribution >= 4 is 11.3 Å². The molecule has 0 aliphatic carbocycles. The molecule has 4 heteroatoms. The highest BCUT2D eigenvalue weighted by Gasteiger charge is 2.12. The number of hydrogen-bond donors (Lipinski definition) is 0. The molecule has 0 aromatic carbocycles. The van der Waals surface area contributed by atoms with E-state index in [2.05, 4.69) is 16.0 Å². The predicted molar refractivity (Wildman–Crippen MR) is 75.5 cm³/mol. The van der Waals surface area contributed by atoms with E-state index in [0.717, 1.165) is 21.6 Å². The van der Waals surface area contributed by atoms with Crippen LogP contribution in [-0.2, 0) is 0 Å². The summed E-state index contributed by atoms with van der Waals surface area (Å²) < 4.78 is 0. The predicted octanol–water partition coefficient (Wildman–Crippen LogP) is 3.74. The molecule has 19 heavy (non-hydrogen) atoms. The van der Waals surface area contributed by atoms with Gasteiger partial charge in [-0.1, -0.05) is 12.1 Å². The number of nitriles is 1. The molecule has 0 N–H and O–H groups in total. The molecule has 0 bridgehead atoms. The Kier molecular flexibility index (Phi) is 3.05. The van der Waals surface area contributed by atoms with Gasteiger partial charge in [0.05, 0.1) is 0 Å². The monoisotopic (exact) mass is 263 g/mol. The number of pyridine rings is 2. The van der Waals surface area contributed by atoms with Gasteiger partial charge >= 0.3 is 0 Å². The zero-order valence-electron chi connectivity index (χ0n) is 9.95. The smallest absolute Gasteiger partial charge is 0.113 e. The normalized spacial score (nSPS) is 10.1. The minimum atomic E-state index is 0.701. The van der Waals surface area contributed by atoms with Crippen LogP contribution in [0.1, 0.15) is 4.88 Å². The molecule has 90 valence electrons. The largest absolute Gasteiger partial charge is 0.264 e. The summed E-state index contributed by atoms with van der Waals surface area (Å²) in [5, 5.41) is 9.26. The number of thiophene rings is 1. The molecule has 3 rings (SSSR count). The van der Waals surface area contributed by atoms with Crippen LogP contribution < -0.4 is 0 Å². The summed E-state index contributed by atoms with van der Waals surface area (Å²) in [4.78, 5) is 9.96. The van der Waals surface area contributed by atoms with Crippen LogP contribution in [0.4, 0.5) is 0 Å². The molecule has 3 nitrogen and oxygen atoms in total. The van der Waals surface area contributed by atoms with Gasteiger partial charge in [-0.05, 0) is 18.2 Å². The van der Waals surface area contributed by atoms with Crippen molar-refractivity contribution in [1.29, 1.82) is 5.26 Å². The average molecular weight is 263 g/mol. The van der Waals surface area contributed by atoms with Crippen LogP contribution >= 0.6 is 11.3 Å². The van der Waals surface area contributed by atoms with Gasteiger partial charge in [0, 0.05) is 46.4 Å². The highest BCUT2D eigenvalue weighted by molar-refractivity contribution is 7.16. The van der Waals surface area contributed by atoms with E-state index in [-0.39, 0.29) is 0 Å². The van der Waals surface area contributed by atoms with Gasteiger partial charge in [0.25, 0.3) is 0 Å². The topological polar surface area (TPSA) is 49.6 Å². The molecule has 0 aliphatic heterocycles. The maximum atomic E-state index is 9.26. The second-order valence-corrected chi connectivity index (χ2v) is 5.00. The number of nitrogens with zero attached hydrogens (tertiary/aromatic N) is 3. The Morgan fingerprint density at radius 2 is 1.68 bits per heavy atom. The first kappa shape index (κ1) is 11.6. The molecular weight excluding hydrogens is 254 g/mol. The van der Waals surface area contributed by atoms with Gasteiger partial charge in [-0.25, -0.2) is 0 Å². The van der Waals surface area contributed by atoms with Crippen molar-refractivity contribution in [2.75, 3.05) is 0 Å². The highest BCUT2D eigenvalue weighted by atomic mass is 32.1. The minimum absolute atomic E-state index is 0.701. The third-order valence-electron chi connectivity index (χ3n) is 2.75. The van der Waals surface area contributed by atoms with Gasteiger partial charge in [-0.3, -0.25) is 9.97 Å². The van der Waals surface area contributed by atoms with E-state index in [0.29, 0.717) is 4.88 Å². The molecule has 3 heterocycles. The van der Waals surface area contributed by atoms with Crippen LogP contribution in [-0.4, -0.2) is 9.97 Å². The lowest BCUT2D eigenvalue weighted by molar-refractivity contribution is 1.33. The SMILES string of the molecule is N#Cc1sc(-c2cccnc2)cc1-c1cccnc1. The van der Waals surface area contributed by atoms with Crippen LogP contribution in [0.25, 0.3) is 21.6 Å². The molecule has 0 saturated heterocycles. The fourth-order valence-electron chi connectivity index (χ4n) is 1.86. The van der Waals surface area contributed by atoms with E-state index in [4.69, 9.17) is 0 Å². The average Bonchev–Trinajstić information content (AvgIpc) is 2.93. The van der Waals surface area contributed by atoms with Crippen molar-refractivity contribution in [2.24, 2.45) is 0 Å². The molecular formula is C15H9N3S. The van der Waals surface area contributed by atoms with E-state index in [9.17, 15) is 5.26 Å². The molecule has 0 aliphatic rings. The summed E-state index contributed by atoms with van der Waals surface area (Å²) in [6, 6.07) is 12.0. The van der Waals surface area contributed by atoms with Crippen LogP contribution in [0.15, 0.2) is 55.1 Å². The van der Waals surface area contributed by atoms with Crippen LogP contribution in [0, 0.1) is 11.3 Å². The van der Waals surface area contributed by atoms with Crippen molar-refractivity contribution in [1.82, 2.24) is 9.97 Å². The lowest BCUT2D eigenvalue weighted by Crippen LogP contribution is -1.78. The Bertz CT molecular complexity index is 727. The number of aromatic nitrogens is 2. The summed E-state index contributed by atoms with van der Waals surface area (Å²) in [6.45, 7) is 0. The Hall–Kier alpha value is -2.51. The fourth-order valence-corrected chi connectivity index (χ4v) is 2.83. The van der Waals surface area contributed by atoms with Crippen LogP contribution in [0.3, 0.4) is 0 Å². The molecule has 0 fully saturated rings. The van der Waals surface area contributed by atoms with E-state index < -0.39 is 0 Å². The zero-order chi connectivity index (χ0) is 13.1. The minimum Gasteiger partial charge on any atom is -0.264 e. The van der Waals surface area contributed by atoms with Gasteiger partial charge in [0.2, 0.25) is 0 Å². The standard InChI is InChI=1S/C15H9N3S/c16-8-15-13(11-3-1-5-17-9-11)7-14(19-15)12-4-2-6-18-10-12/h1-7,9-10H. The maximum absolute atomic E-state index is 9.26. The zero-order valence-corrected chi connectivity index (χ0v) is 10.8. The van der Waals surface area contributed by atoms with Gasteiger partial charge < -0.3 is 0 Å². The Labute approximate surface area is 114 Å². The molecule has 0 amide bonds. The van der Waals surface area contributed by atoms with E-state index in [1.165, 1.54) is 11.3 Å². The van der Waals surface area contributed by atoms with Crippen molar-refractivity contribution in [3.63, 3.8) is 0 Å². The van der Waals surface area contributed by atoms with Crippen LogP contribution in [0.2, 0.25) is 0 Å². The Morgan fingerprint density at radius 1 is 1.00 bits per heavy atom. The Morgan fingerprint density at radius 3 is 2.26 bits per heavy atom. The molecule has 0 unspecified atom stereocenters. The molecule has 0 radical (unpaired) electrons. The summed E-state index contributed by atoms with van der Waals surface area (Å²) in [7, 11) is 0. The molecule has 3 aromatic heterocycles. The van der Waals surface area contributed by atoms with Gasteiger partial charge in [0.1, 0.15) is 10.9 Å². The van der Waals surface area contributed by atoms with Crippen molar-refractivity contribution in [3.8, 4) is 27.6 Å². The first-order chi connectivity index (χ1) is 9.38. The maximum Gasteiger partial charge on any atom is 0.113 e. The lowest BCUT2D eigenvalue weighted by Gasteiger charge is -1.96. The number of hydrogen-bond acceptors (Lipinski definition) is 4. The lowest BCUT2D eigenvalue weighted by atomic mass is 10.1. The highest BCUT2D eigenvalue weighted by Crippen LogP contribution is 2.36. The van der Waals surface area contributed by atoms with Gasteiger partial charge in [-0.2, -0.15) is 5.26 Å². The van der Waals surface area contributed by atoms with Gasteiger partial charge in [-0.15, -0.1) is 11.3 Å². The third-order valence-corrected chi connectivity index (χ3v) is 3.84. The number of rotatable bonds is 2. The molecule has 0 spiro atoms. The van der Waals surface area contributed by atoms with Crippen molar-refractivity contribution in [3.05, 3.63) is 60.0 Å². The second-order valence-electron chi connectivity index (χ2n) is 3.95. The summed E-state index contributed by atoms with van der Waals surface area (Å²) in [5.74, 6) is 0. The quantitative estimate of drug-likeness (QED) is 0.707. The van der Waals surface area contributed by atoms with Gasteiger partial charge in [0.15, 0.2) is 0 Å². The summed E-state index contributed by atoms with van der Waals surface area (Å²) in [5.41, 5.74) is 2.92. The Balaban J connectivity index is 2.13. The van der Waals surface area contributed by atoms with E-state index in [1.807, 2.05) is 30.3 Å². The first-order valence-corrected chi connectivity index (χ1v) is 6.55. The van der Waals surface area contributed by atoms with Crippen molar-refractivity contribution in [2.45, 2.75) is 0 Å². The van der Waals surface area contributed by atoms with E-state index in [1.54, 1.807) is 24.8 Å². The molecule has 0 atom stereocenters. The fraction of sp³-hybridized carbons (Fsp3) is 0. The molecule has 3 aromatic rings. The summed E-state index contributed by atoms with van der Waals surface area (Å²) in [6.07, 6.45) is 7.05. The molecule has 0 saturated carbocycles. The van der Waals surface area contributed by atoms with Crippen molar-refractivity contribution < 1.29 is 0 Å². The van der Waals surface area contributed by atoms with Crippen LogP contribution in [0.5, 0.6) is 0 Å². The van der Waals surface area contributed by atoms with E-state index >= 15 is 0 Å². The third kappa shape index (κ3) is 2.24. The second kappa shape index (κ2) is 5.01.